The second-order valence-electron chi connectivity index (χ2n) is 8.83. The molecule has 5 rings (SSSR count). The van der Waals surface area contributed by atoms with Gasteiger partial charge in [0.15, 0.2) is 5.69 Å². The molecule has 1 aliphatic rings. The number of amides is 2. The van der Waals surface area contributed by atoms with Crippen LogP contribution in [0.25, 0.3) is 21.3 Å². The molecule has 0 bridgehead atoms. The van der Waals surface area contributed by atoms with Gasteiger partial charge in [-0.15, -0.1) is 11.3 Å². The predicted octanol–water partition coefficient (Wildman–Crippen LogP) is 4.43. The highest BCUT2D eigenvalue weighted by molar-refractivity contribution is 7.15. The summed E-state index contributed by atoms with van der Waals surface area (Å²) < 4.78 is 16.2. The van der Waals surface area contributed by atoms with Crippen molar-refractivity contribution >= 4 is 34.1 Å². The Balaban J connectivity index is 1.33. The number of nitrogens with zero attached hydrogens (tertiary/aromatic N) is 4. The highest BCUT2D eigenvalue weighted by Gasteiger charge is 2.30. The van der Waals surface area contributed by atoms with Crippen molar-refractivity contribution in [1.82, 2.24) is 25.0 Å². The number of benzene rings is 2. The summed E-state index contributed by atoms with van der Waals surface area (Å²) in [7, 11) is 1.80. The molecule has 0 atom stereocenters. The van der Waals surface area contributed by atoms with E-state index in [9.17, 15) is 14.0 Å². The maximum Gasteiger partial charge on any atom is 0.274 e. The van der Waals surface area contributed by atoms with Crippen LogP contribution in [0.4, 0.5) is 4.39 Å². The van der Waals surface area contributed by atoms with Crippen LogP contribution in [0.5, 0.6) is 0 Å². The molecule has 0 aliphatic heterocycles. The number of hydrogen-bond donors (Lipinski definition) is 1. The zero-order chi connectivity index (χ0) is 24.5. The Morgan fingerprint density at radius 1 is 1.14 bits per heavy atom. The monoisotopic (exact) mass is 491 g/mol. The lowest BCUT2D eigenvalue weighted by Crippen LogP contribution is -2.40. The second-order valence-corrected chi connectivity index (χ2v) is 10.0. The van der Waals surface area contributed by atoms with Crippen LogP contribution in [0.1, 0.15) is 38.8 Å². The molecule has 4 aromatic rings. The van der Waals surface area contributed by atoms with Gasteiger partial charge in [-0.2, -0.15) is 5.10 Å². The van der Waals surface area contributed by atoms with Crippen LogP contribution in [0, 0.1) is 18.7 Å². The fourth-order valence-corrected chi connectivity index (χ4v) is 5.14. The van der Waals surface area contributed by atoms with Gasteiger partial charge in [0.05, 0.1) is 15.4 Å². The summed E-state index contributed by atoms with van der Waals surface area (Å²) in [5.74, 6) is -0.450. The number of hydrogen-bond acceptors (Lipinski definition) is 5. The zero-order valence-electron chi connectivity index (χ0n) is 19.6. The molecule has 1 aliphatic carbocycles. The van der Waals surface area contributed by atoms with E-state index in [2.05, 4.69) is 15.4 Å². The SMILES string of the molecule is Cc1nc(C(=O)N(CCNC(=O)c2nn(C)c3ccccc23)CC2CC2)c(-c2ccccc2F)s1. The van der Waals surface area contributed by atoms with Gasteiger partial charge in [-0.05, 0) is 37.8 Å². The number of carbonyl (C=O) groups is 2. The summed E-state index contributed by atoms with van der Waals surface area (Å²) in [5.41, 5.74) is 1.88. The fourth-order valence-electron chi connectivity index (χ4n) is 4.21. The second kappa shape index (κ2) is 9.58. The third-order valence-corrected chi connectivity index (χ3v) is 7.16. The van der Waals surface area contributed by atoms with Crippen molar-refractivity contribution in [3.63, 3.8) is 0 Å². The Morgan fingerprint density at radius 3 is 2.66 bits per heavy atom. The van der Waals surface area contributed by atoms with Crippen molar-refractivity contribution in [2.24, 2.45) is 13.0 Å². The van der Waals surface area contributed by atoms with E-state index in [0.717, 1.165) is 23.7 Å². The summed E-state index contributed by atoms with van der Waals surface area (Å²) in [6, 6.07) is 14.0. The molecule has 2 heterocycles. The van der Waals surface area contributed by atoms with E-state index in [1.807, 2.05) is 31.2 Å². The summed E-state index contributed by atoms with van der Waals surface area (Å²) in [6.07, 6.45) is 2.15. The van der Waals surface area contributed by atoms with Crippen LogP contribution in [-0.4, -0.2) is 51.1 Å². The van der Waals surface area contributed by atoms with E-state index in [-0.39, 0.29) is 29.9 Å². The first-order valence-corrected chi connectivity index (χ1v) is 12.5. The lowest BCUT2D eigenvalue weighted by atomic mass is 10.1. The van der Waals surface area contributed by atoms with Crippen molar-refractivity contribution < 1.29 is 14.0 Å². The molecule has 0 unspecified atom stereocenters. The maximum absolute atomic E-state index is 14.5. The molecule has 7 nitrogen and oxygen atoms in total. The molecule has 0 radical (unpaired) electrons. The highest BCUT2D eigenvalue weighted by Crippen LogP contribution is 2.34. The van der Waals surface area contributed by atoms with Crippen LogP contribution < -0.4 is 5.32 Å². The Kier molecular flexibility index (Phi) is 6.34. The molecule has 1 fully saturated rings. The minimum absolute atomic E-state index is 0.239. The normalized spacial score (nSPS) is 13.2. The van der Waals surface area contributed by atoms with E-state index < -0.39 is 0 Å². The number of rotatable bonds is 8. The molecule has 180 valence electrons. The largest absolute Gasteiger partial charge is 0.349 e. The molecule has 1 saturated carbocycles. The molecular formula is C26H26FN5O2S. The molecule has 2 aromatic carbocycles. The quantitative estimate of drug-likeness (QED) is 0.396. The number of aryl methyl sites for hydroxylation is 2. The number of fused-ring (bicyclic) bond motifs is 1. The Bertz CT molecular complexity index is 1410. The number of thiazole rings is 1. The van der Waals surface area contributed by atoms with E-state index >= 15 is 0 Å². The average Bonchev–Trinajstić information content (AvgIpc) is 3.50. The van der Waals surface area contributed by atoms with Gasteiger partial charge < -0.3 is 10.2 Å². The Labute approximate surface area is 206 Å². The van der Waals surface area contributed by atoms with Gasteiger partial charge in [0.1, 0.15) is 11.5 Å². The van der Waals surface area contributed by atoms with E-state index in [4.69, 9.17) is 0 Å². The number of carbonyl (C=O) groups excluding carboxylic acids is 2. The summed E-state index contributed by atoms with van der Waals surface area (Å²) in [5, 5.41) is 8.76. The summed E-state index contributed by atoms with van der Waals surface area (Å²) >= 11 is 1.31. The number of para-hydroxylation sites is 1. The van der Waals surface area contributed by atoms with E-state index in [0.29, 0.717) is 40.1 Å². The van der Waals surface area contributed by atoms with Gasteiger partial charge in [0, 0.05) is 37.6 Å². The first-order chi connectivity index (χ1) is 16.9. The number of halogens is 1. The minimum Gasteiger partial charge on any atom is -0.349 e. The average molecular weight is 492 g/mol. The summed E-state index contributed by atoms with van der Waals surface area (Å²) in [6.45, 7) is 3.02. The van der Waals surface area contributed by atoms with Crippen LogP contribution in [0.15, 0.2) is 48.5 Å². The number of aromatic nitrogens is 3. The first kappa shape index (κ1) is 23.2. The Hall–Kier alpha value is -3.59. The maximum atomic E-state index is 14.5. The molecule has 0 saturated heterocycles. The van der Waals surface area contributed by atoms with E-state index in [1.54, 1.807) is 34.8 Å². The molecule has 2 amide bonds. The van der Waals surface area contributed by atoms with Crippen molar-refractivity contribution in [2.45, 2.75) is 19.8 Å². The van der Waals surface area contributed by atoms with Crippen LogP contribution in [0.2, 0.25) is 0 Å². The highest BCUT2D eigenvalue weighted by atomic mass is 32.1. The predicted molar refractivity (Wildman–Crippen MR) is 134 cm³/mol. The molecule has 0 spiro atoms. The lowest BCUT2D eigenvalue weighted by Gasteiger charge is -2.22. The minimum atomic E-state index is -0.381. The smallest absolute Gasteiger partial charge is 0.274 e. The van der Waals surface area contributed by atoms with Gasteiger partial charge in [0.25, 0.3) is 11.8 Å². The van der Waals surface area contributed by atoms with Crippen molar-refractivity contribution in [3.8, 4) is 10.4 Å². The standard InChI is InChI=1S/C26H26FN5O2S/c1-16-29-23(24(35-16)18-7-3-5-9-20(18)27)26(34)32(15-17-11-12-17)14-13-28-25(33)22-19-8-4-6-10-21(19)31(2)30-22/h3-10,17H,11-15H2,1-2H3,(H,28,33). The van der Waals surface area contributed by atoms with Gasteiger partial charge in [-0.3, -0.25) is 14.3 Å². The van der Waals surface area contributed by atoms with Gasteiger partial charge in [-0.25, -0.2) is 9.37 Å². The molecular weight excluding hydrogens is 465 g/mol. The van der Waals surface area contributed by atoms with Crippen LogP contribution >= 0.6 is 11.3 Å². The van der Waals surface area contributed by atoms with Gasteiger partial charge in [-0.1, -0.05) is 36.4 Å². The third-order valence-electron chi connectivity index (χ3n) is 6.16. The topological polar surface area (TPSA) is 80.1 Å². The molecule has 35 heavy (non-hydrogen) atoms. The zero-order valence-corrected chi connectivity index (χ0v) is 20.4. The number of nitrogens with one attached hydrogen (secondary N) is 1. The van der Waals surface area contributed by atoms with E-state index in [1.165, 1.54) is 17.4 Å². The molecule has 2 aromatic heterocycles. The van der Waals surface area contributed by atoms with Crippen molar-refractivity contribution in [2.75, 3.05) is 19.6 Å². The summed E-state index contributed by atoms with van der Waals surface area (Å²) in [4.78, 5) is 33.2. The Morgan fingerprint density at radius 2 is 1.89 bits per heavy atom. The lowest BCUT2D eigenvalue weighted by molar-refractivity contribution is 0.0736. The first-order valence-electron chi connectivity index (χ1n) is 11.6. The van der Waals surface area contributed by atoms with Crippen molar-refractivity contribution in [1.29, 1.82) is 0 Å². The molecule has 9 heteroatoms. The third kappa shape index (κ3) is 4.81. The van der Waals surface area contributed by atoms with Gasteiger partial charge in [0.2, 0.25) is 0 Å². The van der Waals surface area contributed by atoms with Crippen LogP contribution in [0.3, 0.4) is 0 Å². The van der Waals surface area contributed by atoms with Crippen LogP contribution in [-0.2, 0) is 7.05 Å². The van der Waals surface area contributed by atoms with Gasteiger partial charge >= 0.3 is 0 Å². The van der Waals surface area contributed by atoms with Crippen molar-refractivity contribution in [3.05, 3.63) is 70.7 Å². The molecule has 1 N–H and O–H groups in total. The fraction of sp³-hybridized carbons (Fsp3) is 0.308.